The molecule has 0 saturated carbocycles. The van der Waals surface area contributed by atoms with Gasteiger partial charge in [-0.1, -0.05) is 158 Å². The smallest absolute Gasteiger partial charge is 0.0642 e. The number of hydrogen-bond acceptors (Lipinski definition) is 2. The summed E-state index contributed by atoms with van der Waals surface area (Å²) in [4.78, 5) is 10.7. The van der Waals surface area contributed by atoms with Crippen LogP contribution >= 0.6 is 40.1 Å². The number of fused-ring (bicyclic) bond motifs is 10. The minimum Gasteiger partial charge on any atom is -0.310 e. The van der Waals surface area contributed by atoms with Crippen molar-refractivity contribution in [2.45, 2.75) is 30.4 Å². The SMILES string of the molecule is CS(C)(C)c1ccc(N(c2ccc(S(C)(C)C)cc2)c2cc3c(c4ccccc24)-c2ccccc2C3(c2ccccc2)C2(c3ccccc3)c3ccccc3-c3c2cc(N(c2ccc(S(C)(C)C)cc2)c2ccc(S(C)(C)C)cc2)c2ccccc32)cc1. The van der Waals surface area contributed by atoms with Gasteiger partial charge in [-0.05, 0) is 270 Å². The predicted molar refractivity (Wildman–Crippen MR) is 395 cm³/mol. The van der Waals surface area contributed by atoms with Crippen molar-refractivity contribution in [1.29, 1.82) is 0 Å². The highest BCUT2D eigenvalue weighted by atomic mass is 32.3. The van der Waals surface area contributed by atoms with Crippen molar-refractivity contribution in [3.8, 4) is 22.3 Å². The van der Waals surface area contributed by atoms with E-state index in [1.165, 1.54) is 96.8 Å². The molecule has 14 rings (SSSR count). The van der Waals surface area contributed by atoms with Gasteiger partial charge in [0.15, 0.2) is 0 Å². The Kier molecular flexibility index (Phi) is 14.1. The summed E-state index contributed by atoms with van der Waals surface area (Å²) in [7, 11) is -3.97. The molecular formula is C82H80N2S4. The second-order valence-corrected chi connectivity index (χ2v) is 43.6. The van der Waals surface area contributed by atoms with Crippen LogP contribution in [-0.4, -0.2) is 75.1 Å². The average Bonchev–Trinajstić information content (AvgIpc) is 1.45. The Morgan fingerprint density at radius 1 is 0.239 bits per heavy atom. The van der Waals surface area contributed by atoms with Gasteiger partial charge in [0.2, 0.25) is 0 Å². The minimum absolute atomic E-state index is 0.898. The van der Waals surface area contributed by atoms with Gasteiger partial charge in [0.1, 0.15) is 0 Å². The molecule has 2 atom stereocenters. The van der Waals surface area contributed by atoms with E-state index in [0.717, 1.165) is 34.1 Å². The van der Waals surface area contributed by atoms with Crippen molar-refractivity contribution < 1.29 is 0 Å². The fourth-order valence-electron chi connectivity index (χ4n) is 14.7. The lowest BCUT2D eigenvalue weighted by atomic mass is 9.49. The summed E-state index contributed by atoms with van der Waals surface area (Å²) in [5.74, 6) is 0. The standard InChI is InChI=1S/C82H80N2S4/c1-85(2,3)63-47-39-59(40-48-63)83(60-41-49-64(50-42-60)86(4,5)6)77-55-75-79(69-33-21-19-31-67(69)77)71-35-23-25-37-73(71)81(75,57-27-15-13-16-28-57)82(58-29-17-14-18-30-58)74-38-26-24-36-72(74)80-70-34-22-20-32-68(70)78(56-76(80)82)84(61-43-51-65(52-44-61)87(7,8)9)62-45-53-66(54-46-62)88(10,11)12/h13-56H,1-12H3. The molecule has 0 saturated heterocycles. The predicted octanol–water partition coefficient (Wildman–Crippen LogP) is 22.5. The topological polar surface area (TPSA) is 6.48 Å². The van der Waals surface area contributed by atoms with Crippen LogP contribution in [0.25, 0.3) is 43.8 Å². The van der Waals surface area contributed by atoms with E-state index in [4.69, 9.17) is 0 Å². The van der Waals surface area contributed by atoms with Crippen molar-refractivity contribution in [2.24, 2.45) is 0 Å². The third-order valence-corrected chi connectivity index (χ3v) is 25.5. The quantitative estimate of drug-likeness (QED) is 0.114. The third kappa shape index (κ3) is 9.18. The molecule has 2 aliphatic carbocycles. The summed E-state index contributed by atoms with van der Waals surface area (Å²) < 4.78 is 0. The van der Waals surface area contributed by atoms with E-state index in [1.54, 1.807) is 0 Å². The van der Waals surface area contributed by atoms with Gasteiger partial charge in [-0.25, -0.2) is 40.1 Å². The third-order valence-electron chi connectivity index (χ3n) is 18.7. The van der Waals surface area contributed by atoms with Crippen LogP contribution in [0, 0.1) is 0 Å². The molecule has 442 valence electrons. The molecule has 0 spiro atoms. The lowest BCUT2D eigenvalue weighted by Crippen LogP contribution is -2.50. The van der Waals surface area contributed by atoms with Crippen LogP contribution < -0.4 is 9.80 Å². The van der Waals surface area contributed by atoms with Crippen molar-refractivity contribution in [3.63, 3.8) is 0 Å². The fourth-order valence-corrected chi connectivity index (χ4v) is 18.5. The molecule has 88 heavy (non-hydrogen) atoms. The molecule has 0 aromatic heterocycles. The molecule has 6 heteroatoms. The van der Waals surface area contributed by atoms with E-state index in [-0.39, 0.29) is 0 Å². The Balaban J connectivity index is 1.17. The van der Waals surface area contributed by atoms with Crippen LogP contribution in [0.3, 0.4) is 0 Å². The Labute approximate surface area is 529 Å². The van der Waals surface area contributed by atoms with E-state index < -0.39 is 50.9 Å². The van der Waals surface area contributed by atoms with Gasteiger partial charge in [0, 0.05) is 33.5 Å². The lowest BCUT2D eigenvalue weighted by molar-refractivity contribution is 0.438. The Hall–Kier alpha value is -7.84. The summed E-state index contributed by atoms with van der Waals surface area (Å²) in [6.07, 6.45) is 28.7. The van der Waals surface area contributed by atoms with E-state index in [1.807, 2.05) is 0 Å². The van der Waals surface area contributed by atoms with E-state index in [2.05, 4.69) is 352 Å². The fraction of sp³-hybridized carbons (Fsp3) is 0.171. The first kappa shape index (κ1) is 57.9. The van der Waals surface area contributed by atoms with Gasteiger partial charge in [-0.3, -0.25) is 0 Å². The second kappa shape index (κ2) is 21.4. The molecule has 2 nitrogen and oxygen atoms in total. The highest BCUT2D eigenvalue weighted by molar-refractivity contribution is 8.33. The van der Waals surface area contributed by atoms with E-state index >= 15 is 0 Å². The van der Waals surface area contributed by atoms with Crippen LogP contribution in [0.2, 0.25) is 0 Å². The number of hydrogen-bond donors (Lipinski definition) is 0. The van der Waals surface area contributed by atoms with Crippen molar-refractivity contribution in [3.05, 3.63) is 300 Å². The Morgan fingerprint density at radius 2 is 0.489 bits per heavy atom. The molecule has 2 unspecified atom stereocenters. The van der Waals surface area contributed by atoms with Crippen LogP contribution in [0.15, 0.2) is 287 Å². The number of rotatable bonds is 13. The van der Waals surface area contributed by atoms with Crippen LogP contribution in [-0.2, 0) is 10.8 Å². The first-order valence-corrected chi connectivity index (χ1v) is 41.8. The summed E-state index contributed by atoms with van der Waals surface area (Å²) in [6, 6.07) is 104. The molecule has 0 radical (unpaired) electrons. The highest BCUT2D eigenvalue weighted by Gasteiger charge is 2.65. The molecule has 0 N–H and O–H groups in total. The van der Waals surface area contributed by atoms with Gasteiger partial charge in [-0.2, -0.15) is 0 Å². The first-order chi connectivity index (χ1) is 42.2. The molecule has 2 aliphatic rings. The largest absolute Gasteiger partial charge is 0.310 e. The Bertz CT molecular complexity index is 4210. The zero-order valence-corrected chi connectivity index (χ0v) is 56.2. The van der Waals surface area contributed by atoms with Crippen molar-refractivity contribution >= 4 is 95.8 Å². The maximum atomic E-state index is 2.65. The molecule has 12 aromatic rings. The zero-order valence-electron chi connectivity index (χ0n) is 52.9. The summed E-state index contributed by atoms with van der Waals surface area (Å²) in [5, 5.41) is 4.88. The van der Waals surface area contributed by atoms with Crippen molar-refractivity contribution in [1.82, 2.24) is 0 Å². The van der Waals surface area contributed by atoms with Gasteiger partial charge >= 0.3 is 0 Å². The second-order valence-electron chi connectivity index (χ2n) is 27.0. The summed E-state index contributed by atoms with van der Waals surface area (Å²) in [6.45, 7) is 0. The van der Waals surface area contributed by atoms with Crippen LogP contribution in [0.1, 0.15) is 33.4 Å². The van der Waals surface area contributed by atoms with Gasteiger partial charge in [0.25, 0.3) is 0 Å². The maximum Gasteiger partial charge on any atom is 0.0642 e. The lowest BCUT2D eigenvalue weighted by Gasteiger charge is -2.51. The van der Waals surface area contributed by atoms with Crippen LogP contribution in [0.5, 0.6) is 0 Å². The number of anilines is 6. The highest BCUT2D eigenvalue weighted by Crippen LogP contribution is 2.72. The van der Waals surface area contributed by atoms with Crippen molar-refractivity contribution in [2.75, 3.05) is 84.9 Å². The maximum absolute atomic E-state index is 2.65. The zero-order chi connectivity index (χ0) is 61.1. The van der Waals surface area contributed by atoms with E-state index in [9.17, 15) is 0 Å². The molecule has 0 heterocycles. The molecule has 0 fully saturated rings. The number of benzene rings is 12. The molecule has 0 bridgehead atoms. The Morgan fingerprint density at radius 3 is 0.773 bits per heavy atom. The summed E-state index contributed by atoms with van der Waals surface area (Å²) >= 11 is 0. The van der Waals surface area contributed by atoms with Gasteiger partial charge in [-0.15, -0.1) is 0 Å². The van der Waals surface area contributed by atoms with Gasteiger partial charge < -0.3 is 9.80 Å². The van der Waals surface area contributed by atoms with Crippen LogP contribution in [0.4, 0.5) is 34.1 Å². The van der Waals surface area contributed by atoms with Gasteiger partial charge in [0.05, 0.1) is 22.2 Å². The molecular weight excluding hydrogens is 1140 g/mol. The average molecular weight is 1220 g/mol. The monoisotopic (exact) mass is 1220 g/mol. The molecule has 0 aliphatic heterocycles. The minimum atomic E-state index is -0.993. The molecule has 0 amide bonds. The summed E-state index contributed by atoms with van der Waals surface area (Å²) in [5.41, 5.74) is 17.7. The van der Waals surface area contributed by atoms with E-state index in [0.29, 0.717) is 0 Å². The normalized spacial score (nSPS) is 17.0. The number of nitrogens with zero attached hydrogens (tertiary/aromatic N) is 2. The first-order valence-electron chi connectivity index (χ1n) is 30.4. The molecule has 12 aromatic carbocycles.